The molecule has 1 fully saturated rings. The van der Waals surface area contributed by atoms with Crippen LogP contribution < -0.4 is 0 Å². The smallest absolute Gasteiger partial charge is 0.214 e. The summed E-state index contributed by atoms with van der Waals surface area (Å²) < 4.78 is 32.3. The SMILES string of the molecule is CCCCS(=O)(=O)N1CC(C)OC(c2ccc(C)cc2)C1. The van der Waals surface area contributed by atoms with Gasteiger partial charge in [-0.15, -0.1) is 0 Å². The van der Waals surface area contributed by atoms with Crippen LogP contribution in [0.2, 0.25) is 0 Å². The summed E-state index contributed by atoms with van der Waals surface area (Å²) in [6.07, 6.45) is 1.34. The Morgan fingerprint density at radius 3 is 2.52 bits per heavy atom. The van der Waals surface area contributed by atoms with Crippen molar-refractivity contribution in [2.45, 2.75) is 45.8 Å². The largest absolute Gasteiger partial charge is 0.368 e. The van der Waals surface area contributed by atoms with Crippen LogP contribution in [0.25, 0.3) is 0 Å². The molecular formula is C16H25NO3S. The van der Waals surface area contributed by atoms with Gasteiger partial charge in [0.15, 0.2) is 0 Å². The Hall–Kier alpha value is -0.910. The zero-order chi connectivity index (χ0) is 15.5. The first-order chi connectivity index (χ1) is 9.92. The van der Waals surface area contributed by atoms with Crippen molar-refractivity contribution in [2.75, 3.05) is 18.8 Å². The predicted molar refractivity (Wildman–Crippen MR) is 84.7 cm³/mol. The van der Waals surface area contributed by atoms with Crippen LogP contribution in [0.1, 0.15) is 43.9 Å². The molecule has 0 N–H and O–H groups in total. The molecule has 4 nitrogen and oxygen atoms in total. The predicted octanol–water partition coefficient (Wildman–Crippen LogP) is 2.89. The molecule has 1 aromatic carbocycles. The second-order valence-corrected chi connectivity index (χ2v) is 7.92. The number of benzene rings is 1. The number of morpholine rings is 1. The molecule has 1 aliphatic heterocycles. The first-order valence-electron chi connectivity index (χ1n) is 7.62. The van der Waals surface area contributed by atoms with Crippen LogP contribution in [0.5, 0.6) is 0 Å². The number of aryl methyl sites for hydroxylation is 1. The van der Waals surface area contributed by atoms with Crippen molar-refractivity contribution < 1.29 is 13.2 Å². The van der Waals surface area contributed by atoms with Crippen molar-refractivity contribution in [3.05, 3.63) is 35.4 Å². The molecule has 0 saturated carbocycles. The second-order valence-electron chi connectivity index (χ2n) is 5.83. The number of rotatable bonds is 5. The third-order valence-electron chi connectivity index (χ3n) is 3.83. The summed E-state index contributed by atoms with van der Waals surface area (Å²) in [6, 6.07) is 8.12. The molecule has 118 valence electrons. The minimum atomic E-state index is -3.17. The number of ether oxygens (including phenoxy) is 1. The highest BCUT2D eigenvalue weighted by atomic mass is 32.2. The zero-order valence-corrected chi connectivity index (χ0v) is 13.9. The maximum atomic E-state index is 12.4. The fourth-order valence-corrected chi connectivity index (χ4v) is 4.27. The summed E-state index contributed by atoms with van der Waals surface area (Å²) >= 11 is 0. The summed E-state index contributed by atoms with van der Waals surface area (Å²) in [5.41, 5.74) is 2.23. The Morgan fingerprint density at radius 1 is 1.24 bits per heavy atom. The quantitative estimate of drug-likeness (QED) is 0.840. The highest BCUT2D eigenvalue weighted by Crippen LogP contribution is 2.27. The van der Waals surface area contributed by atoms with E-state index in [1.807, 2.05) is 45.0 Å². The number of nitrogens with zero attached hydrogens (tertiary/aromatic N) is 1. The van der Waals surface area contributed by atoms with E-state index in [-0.39, 0.29) is 18.0 Å². The third kappa shape index (κ3) is 4.28. The molecule has 0 aromatic heterocycles. The molecule has 5 heteroatoms. The third-order valence-corrected chi connectivity index (χ3v) is 5.71. The minimum Gasteiger partial charge on any atom is -0.368 e. The fourth-order valence-electron chi connectivity index (χ4n) is 2.56. The van der Waals surface area contributed by atoms with E-state index in [1.165, 1.54) is 5.56 Å². The van der Waals surface area contributed by atoms with Crippen molar-refractivity contribution in [3.8, 4) is 0 Å². The highest BCUT2D eigenvalue weighted by Gasteiger charge is 2.33. The van der Waals surface area contributed by atoms with Crippen molar-refractivity contribution in [2.24, 2.45) is 0 Å². The van der Waals surface area contributed by atoms with Gasteiger partial charge in [0.05, 0.1) is 18.0 Å². The maximum absolute atomic E-state index is 12.4. The van der Waals surface area contributed by atoms with Crippen LogP contribution in [0, 0.1) is 6.92 Å². The molecule has 0 radical (unpaired) electrons. The van der Waals surface area contributed by atoms with E-state index in [4.69, 9.17) is 4.74 Å². The van der Waals surface area contributed by atoms with Crippen molar-refractivity contribution in [1.82, 2.24) is 4.31 Å². The summed E-state index contributed by atoms with van der Waals surface area (Å²) in [4.78, 5) is 0. The normalized spacial score (nSPS) is 24.1. The van der Waals surface area contributed by atoms with Crippen LogP contribution in [-0.4, -0.2) is 37.7 Å². The molecule has 0 bridgehead atoms. The molecule has 1 aromatic rings. The Labute approximate surface area is 128 Å². The lowest BCUT2D eigenvalue weighted by atomic mass is 10.1. The van der Waals surface area contributed by atoms with E-state index in [9.17, 15) is 8.42 Å². The van der Waals surface area contributed by atoms with E-state index < -0.39 is 10.0 Å². The van der Waals surface area contributed by atoms with Gasteiger partial charge in [0, 0.05) is 13.1 Å². The standard InChI is InChI=1S/C16H25NO3S/c1-4-5-10-21(18,19)17-11-14(3)20-16(12-17)15-8-6-13(2)7-9-15/h6-9,14,16H,4-5,10-12H2,1-3H3. The Kier molecular flexibility index (Phi) is 5.41. The Bertz CT molecular complexity index is 553. The topological polar surface area (TPSA) is 46.6 Å². The molecule has 0 aliphatic carbocycles. The molecule has 2 rings (SSSR count). The molecule has 1 aliphatic rings. The number of hydrogen-bond acceptors (Lipinski definition) is 3. The summed E-state index contributed by atoms with van der Waals surface area (Å²) in [7, 11) is -3.17. The van der Waals surface area contributed by atoms with Gasteiger partial charge in [-0.05, 0) is 25.8 Å². The molecular weight excluding hydrogens is 286 g/mol. The van der Waals surface area contributed by atoms with E-state index in [0.717, 1.165) is 12.0 Å². The number of hydrogen-bond donors (Lipinski definition) is 0. The van der Waals surface area contributed by atoms with Gasteiger partial charge >= 0.3 is 0 Å². The van der Waals surface area contributed by atoms with E-state index in [2.05, 4.69) is 0 Å². The summed E-state index contributed by atoms with van der Waals surface area (Å²) in [5.74, 6) is 0.233. The lowest BCUT2D eigenvalue weighted by molar-refractivity contribution is -0.0557. The van der Waals surface area contributed by atoms with E-state index in [0.29, 0.717) is 19.5 Å². The molecule has 1 heterocycles. The second kappa shape index (κ2) is 6.90. The van der Waals surface area contributed by atoms with Gasteiger partial charge in [0.25, 0.3) is 0 Å². The molecule has 0 amide bonds. The average molecular weight is 311 g/mol. The zero-order valence-electron chi connectivity index (χ0n) is 13.1. The van der Waals surface area contributed by atoms with E-state index >= 15 is 0 Å². The average Bonchev–Trinajstić information content (AvgIpc) is 2.45. The van der Waals surface area contributed by atoms with E-state index in [1.54, 1.807) is 4.31 Å². The van der Waals surface area contributed by atoms with Gasteiger partial charge in [0.1, 0.15) is 0 Å². The first-order valence-corrected chi connectivity index (χ1v) is 9.23. The van der Waals surface area contributed by atoms with Crippen LogP contribution in [0.3, 0.4) is 0 Å². The fraction of sp³-hybridized carbons (Fsp3) is 0.625. The van der Waals surface area contributed by atoms with Crippen LogP contribution in [0.15, 0.2) is 24.3 Å². The Morgan fingerprint density at radius 2 is 1.90 bits per heavy atom. The monoisotopic (exact) mass is 311 g/mol. The highest BCUT2D eigenvalue weighted by molar-refractivity contribution is 7.89. The first kappa shape index (κ1) is 16.5. The minimum absolute atomic E-state index is 0.0820. The van der Waals surface area contributed by atoms with Gasteiger partial charge in [0.2, 0.25) is 10.0 Å². The van der Waals surface area contributed by atoms with Crippen molar-refractivity contribution in [1.29, 1.82) is 0 Å². The van der Waals surface area contributed by atoms with Gasteiger partial charge in [-0.3, -0.25) is 0 Å². The lowest BCUT2D eigenvalue weighted by Crippen LogP contribution is -2.46. The molecule has 0 spiro atoms. The number of sulfonamides is 1. The van der Waals surface area contributed by atoms with Crippen molar-refractivity contribution in [3.63, 3.8) is 0 Å². The van der Waals surface area contributed by atoms with Gasteiger partial charge in [-0.2, -0.15) is 4.31 Å². The van der Waals surface area contributed by atoms with Crippen LogP contribution in [0.4, 0.5) is 0 Å². The summed E-state index contributed by atoms with van der Waals surface area (Å²) in [5, 5.41) is 0. The Balaban J connectivity index is 2.14. The summed E-state index contributed by atoms with van der Waals surface area (Å²) in [6.45, 7) is 6.85. The van der Waals surface area contributed by atoms with Crippen LogP contribution in [-0.2, 0) is 14.8 Å². The number of unbranched alkanes of at least 4 members (excludes halogenated alkanes) is 1. The van der Waals surface area contributed by atoms with Gasteiger partial charge in [-0.25, -0.2) is 8.42 Å². The molecule has 21 heavy (non-hydrogen) atoms. The molecule has 2 atom stereocenters. The van der Waals surface area contributed by atoms with Gasteiger partial charge < -0.3 is 4.74 Å². The lowest BCUT2D eigenvalue weighted by Gasteiger charge is -2.36. The molecule has 1 saturated heterocycles. The van der Waals surface area contributed by atoms with Gasteiger partial charge in [-0.1, -0.05) is 43.2 Å². The maximum Gasteiger partial charge on any atom is 0.214 e. The van der Waals surface area contributed by atoms with Crippen LogP contribution >= 0.6 is 0 Å². The van der Waals surface area contributed by atoms with Crippen molar-refractivity contribution >= 4 is 10.0 Å². The molecule has 2 unspecified atom stereocenters.